The lowest BCUT2D eigenvalue weighted by molar-refractivity contribution is 0.500. The predicted octanol–water partition coefficient (Wildman–Crippen LogP) is 4.05. The van der Waals surface area contributed by atoms with Gasteiger partial charge in [0.25, 0.3) is 0 Å². The maximum atomic E-state index is 6.38. The summed E-state index contributed by atoms with van der Waals surface area (Å²) in [5.74, 6) is 7.94. The highest BCUT2D eigenvalue weighted by molar-refractivity contribution is 5.77. The van der Waals surface area contributed by atoms with Gasteiger partial charge in [-0.25, -0.2) is 9.66 Å². The van der Waals surface area contributed by atoms with Crippen LogP contribution < -0.4 is 10.7 Å². The summed E-state index contributed by atoms with van der Waals surface area (Å²) in [6.07, 6.45) is 7.41. The number of benzene rings is 1. The van der Waals surface area contributed by atoms with Gasteiger partial charge in [-0.05, 0) is 61.4 Å². The van der Waals surface area contributed by atoms with E-state index in [9.17, 15) is 0 Å². The fourth-order valence-corrected chi connectivity index (χ4v) is 5.06. The molecule has 1 aromatic carbocycles. The highest BCUT2D eigenvalue weighted by atomic mass is 15.3. The molecule has 2 aliphatic rings. The zero-order chi connectivity index (χ0) is 18.8. The van der Waals surface area contributed by atoms with Gasteiger partial charge in [-0.2, -0.15) is 0 Å². The first-order valence-corrected chi connectivity index (χ1v) is 9.64. The molecule has 0 amide bonds. The van der Waals surface area contributed by atoms with Crippen LogP contribution in [0.5, 0.6) is 0 Å². The van der Waals surface area contributed by atoms with Crippen molar-refractivity contribution in [2.75, 3.05) is 10.7 Å². The van der Waals surface area contributed by atoms with E-state index in [0.717, 1.165) is 41.1 Å². The van der Waals surface area contributed by atoms with Gasteiger partial charge in [-0.15, -0.1) is 0 Å². The van der Waals surface area contributed by atoms with Crippen molar-refractivity contribution in [3.05, 3.63) is 65.9 Å². The number of pyridine rings is 1. The SMILES string of the molecule is C=C1N(Cc2nc3cc(C)ccc3n2N)c2cnccc2C12CCC(C)C2. The number of fused-ring (bicyclic) bond motifs is 3. The number of aryl methyl sites for hydroxylation is 1. The average Bonchev–Trinajstić information content (AvgIpc) is 3.26. The number of nitrogens with zero attached hydrogens (tertiary/aromatic N) is 4. The number of aromatic nitrogens is 3. The summed E-state index contributed by atoms with van der Waals surface area (Å²) in [4.78, 5) is 11.5. The second-order valence-electron chi connectivity index (χ2n) is 8.25. The van der Waals surface area contributed by atoms with Crippen LogP contribution >= 0.6 is 0 Å². The van der Waals surface area contributed by atoms with E-state index in [2.05, 4.69) is 48.5 Å². The smallest absolute Gasteiger partial charge is 0.148 e. The average molecular weight is 359 g/mol. The van der Waals surface area contributed by atoms with Crippen molar-refractivity contribution in [1.82, 2.24) is 14.6 Å². The Morgan fingerprint density at radius 2 is 2.19 bits per heavy atom. The van der Waals surface area contributed by atoms with Gasteiger partial charge in [0.2, 0.25) is 0 Å². The Morgan fingerprint density at radius 1 is 1.33 bits per heavy atom. The van der Waals surface area contributed by atoms with Gasteiger partial charge in [-0.1, -0.05) is 19.6 Å². The van der Waals surface area contributed by atoms with E-state index >= 15 is 0 Å². The summed E-state index contributed by atoms with van der Waals surface area (Å²) in [6, 6.07) is 8.36. The molecule has 1 saturated carbocycles. The molecule has 27 heavy (non-hydrogen) atoms. The van der Waals surface area contributed by atoms with Crippen LogP contribution in [0, 0.1) is 12.8 Å². The van der Waals surface area contributed by atoms with Crippen molar-refractivity contribution >= 4 is 16.7 Å². The number of nitrogens with two attached hydrogens (primary N) is 1. The van der Waals surface area contributed by atoms with E-state index in [1.807, 2.05) is 18.5 Å². The van der Waals surface area contributed by atoms with Gasteiger partial charge < -0.3 is 10.7 Å². The van der Waals surface area contributed by atoms with Gasteiger partial charge >= 0.3 is 0 Å². The number of hydrogen-bond acceptors (Lipinski definition) is 4. The Kier molecular flexibility index (Phi) is 3.39. The molecule has 0 bridgehead atoms. The lowest BCUT2D eigenvalue weighted by Crippen LogP contribution is -2.29. The van der Waals surface area contributed by atoms with Crippen LogP contribution in [-0.2, 0) is 12.0 Å². The molecule has 1 aliphatic heterocycles. The molecule has 1 spiro atoms. The third-order valence-corrected chi connectivity index (χ3v) is 6.46. The highest BCUT2D eigenvalue weighted by Gasteiger charge is 2.49. The fourth-order valence-electron chi connectivity index (χ4n) is 5.06. The molecule has 0 saturated heterocycles. The Labute approximate surface area is 159 Å². The van der Waals surface area contributed by atoms with E-state index in [0.29, 0.717) is 12.5 Å². The second kappa shape index (κ2) is 5.59. The van der Waals surface area contributed by atoms with Crippen molar-refractivity contribution in [2.24, 2.45) is 5.92 Å². The number of anilines is 1. The van der Waals surface area contributed by atoms with Crippen molar-refractivity contribution in [2.45, 2.75) is 45.1 Å². The standard InChI is InChI=1S/C22H25N5/c1-14-4-5-19-18(10-14)25-21(27(19)23)13-26-16(3)22(8-6-15(2)11-22)17-7-9-24-12-20(17)26/h4-5,7,9-10,12,15H,3,6,8,11,13,23H2,1-2H3. The van der Waals surface area contributed by atoms with Gasteiger partial charge in [0, 0.05) is 17.3 Å². The molecular formula is C22H25N5. The van der Waals surface area contributed by atoms with Crippen LogP contribution in [0.1, 0.15) is 43.1 Å². The van der Waals surface area contributed by atoms with E-state index < -0.39 is 0 Å². The maximum absolute atomic E-state index is 6.38. The summed E-state index contributed by atoms with van der Waals surface area (Å²) in [5.41, 5.74) is 6.80. The first-order chi connectivity index (χ1) is 13.0. The van der Waals surface area contributed by atoms with Crippen LogP contribution in [0.15, 0.2) is 48.9 Å². The Balaban J connectivity index is 1.58. The molecule has 2 unspecified atom stereocenters. The molecule has 0 radical (unpaired) electrons. The van der Waals surface area contributed by atoms with Crippen LogP contribution in [0.25, 0.3) is 11.0 Å². The summed E-state index contributed by atoms with van der Waals surface area (Å²) >= 11 is 0. The molecule has 1 aliphatic carbocycles. The lowest BCUT2D eigenvalue weighted by Gasteiger charge is -2.29. The van der Waals surface area contributed by atoms with Crippen molar-refractivity contribution in [3.8, 4) is 0 Å². The summed E-state index contributed by atoms with van der Waals surface area (Å²) in [6.45, 7) is 9.56. The van der Waals surface area contributed by atoms with Gasteiger partial charge in [0.1, 0.15) is 5.82 Å². The number of nitrogen functional groups attached to an aromatic ring is 1. The Bertz CT molecular complexity index is 1070. The Hall–Kier alpha value is -2.82. The van der Waals surface area contributed by atoms with Crippen LogP contribution in [0.4, 0.5) is 5.69 Å². The molecule has 3 heterocycles. The number of hydrogen-bond donors (Lipinski definition) is 1. The van der Waals surface area contributed by atoms with E-state index in [4.69, 9.17) is 10.8 Å². The van der Waals surface area contributed by atoms with Crippen LogP contribution in [-0.4, -0.2) is 14.6 Å². The molecule has 2 N–H and O–H groups in total. The molecule has 138 valence electrons. The van der Waals surface area contributed by atoms with Crippen LogP contribution in [0.3, 0.4) is 0 Å². The minimum Gasteiger partial charge on any atom is -0.337 e. The summed E-state index contributed by atoms with van der Waals surface area (Å²) in [7, 11) is 0. The maximum Gasteiger partial charge on any atom is 0.148 e. The molecule has 2 aromatic heterocycles. The number of allylic oxidation sites excluding steroid dienone is 1. The van der Waals surface area contributed by atoms with Gasteiger partial charge in [-0.3, -0.25) is 4.98 Å². The minimum atomic E-state index is 0.0414. The molecule has 1 fully saturated rings. The van der Waals surface area contributed by atoms with Crippen molar-refractivity contribution < 1.29 is 0 Å². The van der Waals surface area contributed by atoms with E-state index in [1.54, 1.807) is 4.68 Å². The summed E-state index contributed by atoms with van der Waals surface area (Å²) < 4.78 is 1.71. The first-order valence-electron chi connectivity index (χ1n) is 9.64. The van der Waals surface area contributed by atoms with Crippen molar-refractivity contribution in [1.29, 1.82) is 0 Å². The van der Waals surface area contributed by atoms with Gasteiger partial charge in [0.05, 0.1) is 29.5 Å². The van der Waals surface area contributed by atoms with Crippen molar-refractivity contribution in [3.63, 3.8) is 0 Å². The third-order valence-electron chi connectivity index (χ3n) is 6.46. The number of rotatable bonds is 2. The minimum absolute atomic E-state index is 0.0414. The normalized spacial score (nSPS) is 24.3. The first kappa shape index (κ1) is 16.4. The third kappa shape index (κ3) is 2.24. The topological polar surface area (TPSA) is 60.0 Å². The molecule has 5 nitrogen and oxygen atoms in total. The summed E-state index contributed by atoms with van der Waals surface area (Å²) in [5, 5.41) is 0. The molecule has 3 aromatic rings. The Morgan fingerprint density at radius 3 is 2.96 bits per heavy atom. The monoisotopic (exact) mass is 359 g/mol. The highest BCUT2D eigenvalue weighted by Crippen LogP contribution is 2.57. The number of imidazole rings is 1. The molecular weight excluding hydrogens is 334 g/mol. The zero-order valence-corrected chi connectivity index (χ0v) is 15.9. The van der Waals surface area contributed by atoms with Crippen LogP contribution in [0.2, 0.25) is 0 Å². The quantitative estimate of drug-likeness (QED) is 0.702. The fraction of sp³-hybridized carbons (Fsp3) is 0.364. The molecule has 2 atom stereocenters. The lowest BCUT2D eigenvalue weighted by atomic mass is 9.78. The zero-order valence-electron chi connectivity index (χ0n) is 15.9. The molecule has 5 heteroatoms. The predicted molar refractivity (Wildman–Crippen MR) is 109 cm³/mol. The van der Waals surface area contributed by atoms with E-state index in [-0.39, 0.29) is 5.41 Å². The second-order valence-corrected chi connectivity index (χ2v) is 8.25. The van der Waals surface area contributed by atoms with E-state index in [1.165, 1.54) is 17.5 Å². The largest absolute Gasteiger partial charge is 0.337 e. The van der Waals surface area contributed by atoms with Gasteiger partial charge in [0.15, 0.2) is 0 Å². The molecule has 5 rings (SSSR count).